The number of hydrogen-bond acceptors (Lipinski definition) is 3. The van der Waals surface area contributed by atoms with E-state index in [2.05, 4.69) is 46.5 Å². The van der Waals surface area contributed by atoms with E-state index in [1.165, 1.54) is 31.4 Å². The Bertz CT molecular complexity index is 501. The monoisotopic (exact) mass is 332 g/mol. The zero-order valence-corrected chi connectivity index (χ0v) is 15.3. The lowest BCUT2D eigenvalue weighted by Crippen LogP contribution is -2.45. The lowest BCUT2D eigenvalue weighted by Gasteiger charge is -2.33. The van der Waals surface area contributed by atoms with Crippen LogP contribution in [0.3, 0.4) is 0 Å². The minimum Gasteiger partial charge on any atom is -0.497 e. The highest BCUT2D eigenvalue weighted by atomic mass is 16.5. The molecule has 0 amide bonds. The molecule has 1 aromatic rings. The van der Waals surface area contributed by atoms with E-state index in [0.717, 1.165) is 31.3 Å². The average molecular weight is 332 g/mol. The van der Waals surface area contributed by atoms with Crippen molar-refractivity contribution in [2.75, 3.05) is 33.3 Å². The van der Waals surface area contributed by atoms with Gasteiger partial charge in [0.25, 0.3) is 0 Å². The van der Waals surface area contributed by atoms with E-state index in [1.54, 1.807) is 7.11 Å². The van der Waals surface area contributed by atoms with Gasteiger partial charge in [-0.2, -0.15) is 0 Å². The maximum Gasteiger partial charge on any atom is 0.191 e. The largest absolute Gasteiger partial charge is 0.497 e. The van der Waals surface area contributed by atoms with Gasteiger partial charge in [0, 0.05) is 25.7 Å². The molecule has 1 atom stereocenters. The zero-order valence-electron chi connectivity index (χ0n) is 15.3. The first-order valence-electron chi connectivity index (χ1n) is 9.12. The van der Waals surface area contributed by atoms with Crippen molar-refractivity contribution in [1.29, 1.82) is 0 Å². The second-order valence-corrected chi connectivity index (χ2v) is 6.35. The molecular formula is C19H32N4O. The molecule has 0 bridgehead atoms. The molecule has 1 aliphatic heterocycles. The highest BCUT2D eigenvalue weighted by Crippen LogP contribution is 2.15. The SMILES string of the molecule is CCNC(=NCc1ccc(OC)cc1)NCCN1CCCCC1C. The number of rotatable bonds is 7. The number of methoxy groups -OCH3 is 1. The number of benzene rings is 1. The Morgan fingerprint density at radius 3 is 2.71 bits per heavy atom. The van der Waals surface area contributed by atoms with Crippen molar-refractivity contribution in [3.63, 3.8) is 0 Å². The first-order valence-corrected chi connectivity index (χ1v) is 9.12. The van der Waals surface area contributed by atoms with Gasteiger partial charge in [-0.15, -0.1) is 0 Å². The van der Waals surface area contributed by atoms with E-state index in [-0.39, 0.29) is 0 Å². The Balaban J connectivity index is 1.81. The van der Waals surface area contributed by atoms with Crippen LogP contribution in [-0.2, 0) is 6.54 Å². The summed E-state index contributed by atoms with van der Waals surface area (Å²) in [5.74, 6) is 1.77. The fourth-order valence-electron chi connectivity index (χ4n) is 3.05. The summed E-state index contributed by atoms with van der Waals surface area (Å²) in [6.07, 6.45) is 4.03. The van der Waals surface area contributed by atoms with E-state index >= 15 is 0 Å². The van der Waals surface area contributed by atoms with Crippen molar-refractivity contribution >= 4 is 5.96 Å². The third kappa shape index (κ3) is 6.04. The number of nitrogens with one attached hydrogen (secondary N) is 2. The normalized spacial score (nSPS) is 19.1. The Hall–Kier alpha value is -1.75. The number of nitrogens with zero attached hydrogens (tertiary/aromatic N) is 2. The molecule has 1 unspecified atom stereocenters. The Labute approximate surface area is 146 Å². The van der Waals surface area contributed by atoms with Crippen LogP contribution in [0.2, 0.25) is 0 Å². The lowest BCUT2D eigenvalue weighted by molar-refractivity contribution is 0.163. The van der Waals surface area contributed by atoms with Gasteiger partial charge in [0.2, 0.25) is 0 Å². The number of ether oxygens (including phenoxy) is 1. The molecule has 5 nitrogen and oxygen atoms in total. The molecule has 1 aliphatic rings. The van der Waals surface area contributed by atoms with Crippen molar-refractivity contribution in [3.05, 3.63) is 29.8 Å². The molecule has 1 heterocycles. The molecule has 0 aromatic heterocycles. The molecule has 0 spiro atoms. The van der Waals surface area contributed by atoms with Crippen LogP contribution in [-0.4, -0.2) is 50.2 Å². The summed E-state index contributed by atoms with van der Waals surface area (Å²) < 4.78 is 5.19. The van der Waals surface area contributed by atoms with Gasteiger partial charge in [-0.05, 0) is 50.9 Å². The number of piperidine rings is 1. The molecule has 0 radical (unpaired) electrons. The van der Waals surface area contributed by atoms with Crippen LogP contribution in [0.15, 0.2) is 29.3 Å². The van der Waals surface area contributed by atoms with E-state index in [1.807, 2.05) is 12.1 Å². The predicted molar refractivity (Wildman–Crippen MR) is 101 cm³/mol. The minimum absolute atomic E-state index is 0.666. The average Bonchev–Trinajstić information content (AvgIpc) is 2.61. The van der Waals surface area contributed by atoms with Crippen LogP contribution in [0.1, 0.15) is 38.7 Å². The van der Waals surface area contributed by atoms with Gasteiger partial charge >= 0.3 is 0 Å². The van der Waals surface area contributed by atoms with Crippen molar-refractivity contribution in [2.45, 2.75) is 45.7 Å². The fraction of sp³-hybridized carbons (Fsp3) is 0.632. The quantitative estimate of drug-likeness (QED) is 0.595. The molecule has 2 N–H and O–H groups in total. The van der Waals surface area contributed by atoms with Crippen LogP contribution in [0, 0.1) is 0 Å². The van der Waals surface area contributed by atoms with Crippen LogP contribution >= 0.6 is 0 Å². The van der Waals surface area contributed by atoms with Gasteiger partial charge < -0.3 is 15.4 Å². The van der Waals surface area contributed by atoms with Crippen molar-refractivity contribution in [2.24, 2.45) is 4.99 Å². The second kappa shape index (κ2) is 10.2. The van der Waals surface area contributed by atoms with Crippen molar-refractivity contribution in [3.8, 4) is 5.75 Å². The van der Waals surface area contributed by atoms with Gasteiger partial charge in [-0.3, -0.25) is 4.90 Å². The maximum absolute atomic E-state index is 5.19. The molecule has 1 fully saturated rings. The summed E-state index contributed by atoms with van der Waals surface area (Å²) in [7, 11) is 1.68. The number of aliphatic imine (C=N–C) groups is 1. The third-order valence-corrected chi connectivity index (χ3v) is 4.56. The molecule has 1 aromatic carbocycles. The van der Waals surface area contributed by atoms with Crippen molar-refractivity contribution in [1.82, 2.24) is 15.5 Å². The first kappa shape index (κ1) is 18.6. The predicted octanol–water partition coefficient (Wildman–Crippen LogP) is 2.62. The highest BCUT2D eigenvalue weighted by molar-refractivity contribution is 5.79. The van der Waals surface area contributed by atoms with Crippen LogP contribution in [0.25, 0.3) is 0 Å². The molecule has 24 heavy (non-hydrogen) atoms. The Morgan fingerprint density at radius 2 is 2.04 bits per heavy atom. The summed E-state index contributed by atoms with van der Waals surface area (Å²) in [5.41, 5.74) is 1.18. The third-order valence-electron chi connectivity index (χ3n) is 4.56. The summed E-state index contributed by atoms with van der Waals surface area (Å²) in [6.45, 7) is 9.20. The molecule has 5 heteroatoms. The number of hydrogen-bond donors (Lipinski definition) is 2. The van der Waals surface area contributed by atoms with Crippen molar-refractivity contribution < 1.29 is 4.74 Å². The maximum atomic E-state index is 5.19. The molecule has 0 aliphatic carbocycles. The molecule has 1 saturated heterocycles. The van der Waals surface area contributed by atoms with Crippen LogP contribution in [0.5, 0.6) is 5.75 Å². The van der Waals surface area contributed by atoms with Gasteiger partial charge in [-0.1, -0.05) is 18.6 Å². The van der Waals surface area contributed by atoms with Gasteiger partial charge in [0.1, 0.15) is 5.75 Å². The summed E-state index contributed by atoms with van der Waals surface area (Å²) in [5, 5.41) is 6.77. The lowest BCUT2D eigenvalue weighted by atomic mass is 10.0. The summed E-state index contributed by atoms with van der Waals surface area (Å²) in [6, 6.07) is 8.77. The zero-order chi connectivity index (χ0) is 17.2. The van der Waals surface area contributed by atoms with Crippen LogP contribution in [0.4, 0.5) is 0 Å². The van der Waals surface area contributed by atoms with E-state index < -0.39 is 0 Å². The Morgan fingerprint density at radius 1 is 1.25 bits per heavy atom. The van der Waals surface area contributed by atoms with E-state index in [9.17, 15) is 0 Å². The number of likely N-dealkylation sites (tertiary alicyclic amines) is 1. The second-order valence-electron chi connectivity index (χ2n) is 6.35. The molecular weight excluding hydrogens is 300 g/mol. The molecule has 2 rings (SSSR count). The summed E-state index contributed by atoms with van der Waals surface area (Å²) in [4.78, 5) is 7.25. The summed E-state index contributed by atoms with van der Waals surface area (Å²) >= 11 is 0. The fourth-order valence-corrected chi connectivity index (χ4v) is 3.05. The van der Waals surface area contributed by atoms with E-state index in [4.69, 9.17) is 4.74 Å². The van der Waals surface area contributed by atoms with Gasteiger partial charge in [0.15, 0.2) is 5.96 Å². The number of guanidine groups is 1. The standard InChI is InChI=1S/C19H32N4O/c1-4-20-19(21-12-14-23-13-6-5-7-16(23)2)22-15-17-8-10-18(24-3)11-9-17/h8-11,16H,4-7,12-15H2,1-3H3,(H2,20,21,22). The highest BCUT2D eigenvalue weighted by Gasteiger charge is 2.17. The molecule has 0 saturated carbocycles. The first-order chi connectivity index (χ1) is 11.7. The topological polar surface area (TPSA) is 48.9 Å². The van der Waals surface area contributed by atoms with E-state index in [0.29, 0.717) is 12.6 Å². The minimum atomic E-state index is 0.666. The molecule has 134 valence electrons. The van der Waals surface area contributed by atoms with Crippen LogP contribution < -0.4 is 15.4 Å². The van der Waals surface area contributed by atoms with Gasteiger partial charge in [0.05, 0.1) is 13.7 Å². The Kier molecular flexibility index (Phi) is 7.89. The van der Waals surface area contributed by atoms with Gasteiger partial charge in [-0.25, -0.2) is 4.99 Å². The smallest absolute Gasteiger partial charge is 0.191 e.